The highest BCUT2D eigenvalue weighted by Gasteiger charge is 2.46. The number of hydrogen-bond acceptors (Lipinski definition) is 2. The van der Waals surface area contributed by atoms with Crippen LogP contribution in [0.25, 0.3) is 0 Å². The normalized spacial score (nSPS) is 26.1. The Morgan fingerprint density at radius 3 is 2.55 bits per heavy atom. The lowest BCUT2D eigenvalue weighted by Gasteiger charge is -2.33. The van der Waals surface area contributed by atoms with Crippen LogP contribution in [0.2, 0.25) is 0 Å². The van der Waals surface area contributed by atoms with E-state index >= 15 is 0 Å². The van der Waals surface area contributed by atoms with E-state index in [4.69, 9.17) is 5.73 Å². The molecule has 110 valence electrons. The second-order valence-electron chi connectivity index (χ2n) is 6.78. The zero-order valence-corrected chi connectivity index (χ0v) is 12.8. The molecule has 0 radical (unpaired) electrons. The second-order valence-corrected chi connectivity index (χ2v) is 6.78. The van der Waals surface area contributed by atoms with Gasteiger partial charge in [0.2, 0.25) is 0 Å². The van der Waals surface area contributed by atoms with Crippen LogP contribution in [0.3, 0.4) is 0 Å². The third-order valence-corrected chi connectivity index (χ3v) is 5.35. The van der Waals surface area contributed by atoms with Crippen molar-refractivity contribution in [3.8, 4) is 0 Å². The Kier molecular flexibility index (Phi) is 4.02. The van der Waals surface area contributed by atoms with Crippen molar-refractivity contribution in [2.24, 2.45) is 0 Å². The molecule has 2 nitrogen and oxygen atoms in total. The Morgan fingerprint density at radius 2 is 1.90 bits per heavy atom. The Hall–Kier alpha value is -1.02. The van der Waals surface area contributed by atoms with Crippen LogP contribution in [0, 0.1) is 0 Å². The summed E-state index contributed by atoms with van der Waals surface area (Å²) in [6.07, 6.45) is 9.62. The summed E-state index contributed by atoms with van der Waals surface area (Å²) < 4.78 is 0. The molecule has 3 rings (SSSR count). The molecule has 1 saturated heterocycles. The molecule has 20 heavy (non-hydrogen) atoms. The Balaban J connectivity index is 1.73. The van der Waals surface area contributed by atoms with E-state index in [9.17, 15) is 0 Å². The monoisotopic (exact) mass is 272 g/mol. The second kappa shape index (κ2) is 5.77. The van der Waals surface area contributed by atoms with E-state index in [1.807, 2.05) is 0 Å². The molecule has 1 unspecified atom stereocenters. The molecule has 0 spiro atoms. The molecule has 2 heteroatoms. The smallest absolute Gasteiger partial charge is 0.0314 e. The molecule has 1 aliphatic heterocycles. The number of likely N-dealkylation sites (tertiary alicyclic amines) is 1. The van der Waals surface area contributed by atoms with Crippen LogP contribution in [0.4, 0.5) is 5.69 Å². The van der Waals surface area contributed by atoms with Crippen molar-refractivity contribution < 1.29 is 0 Å². The minimum absolute atomic E-state index is 0.436. The number of benzene rings is 1. The van der Waals surface area contributed by atoms with Gasteiger partial charge in [-0.05, 0) is 56.3 Å². The molecule has 1 atom stereocenters. The van der Waals surface area contributed by atoms with Gasteiger partial charge in [-0.1, -0.05) is 31.9 Å². The van der Waals surface area contributed by atoms with Crippen LogP contribution in [-0.4, -0.2) is 24.0 Å². The number of nitrogen functional groups attached to an aromatic ring is 1. The summed E-state index contributed by atoms with van der Waals surface area (Å²) in [4.78, 5) is 2.79. The first-order valence-electron chi connectivity index (χ1n) is 8.33. The topological polar surface area (TPSA) is 29.3 Å². The van der Waals surface area contributed by atoms with Crippen molar-refractivity contribution in [1.29, 1.82) is 0 Å². The number of anilines is 1. The minimum Gasteiger partial charge on any atom is -0.399 e. The van der Waals surface area contributed by atoms with E-state index in [0.717, 1.165) is 11.7 Å². The van der Waals surface area contributed by atoms with E-state index in [1.165, 1.54) is 63.6 Å². The molecule has 1 aliphatic carbocycles. The molecule has 0 amide bonds. The fraction of sp³-hybridized carbons (Fsp3) is 0.667. The maximum absolute atomic E-state index is 5.83. The van der Waals surface area contributed by atoms with Crippen LogP contribution in [0.1, 0.15) is 57.4 Å². The highest BCUT2D eigenvalue weighted by atomic mass is 15.2. The van der Waals surface area contributed by atoms with Gasteiger partial charge in [-0.25, -0.2) is 0 Å². The lowest BCUT2D eigenvalue weighted by Crippen LogP contribution is -2.40. The molecule has 1 aromatic carbocycles. The fourth-order valence-electron chi connectivity index (χ4n) is 3.82. The van der Waals surface area contributed by atoms with Gasteiger partial charge in [-0.3, -0.25) is 4.90 Å². The average molecular weight is 272 g/mol. The fourth-order valence-corrected chi connectivity index (χ4v) is 3.82. The first-order chi connectivity index (χ1) is 9.73. The van der Waals surface area contributed by atoms with Crippen molar-refractivity contribution in [1.82, 2.24) is 4.90 Å². The summed E-state index contributed by atoms with van der Waals surface area (Å²) in [5.41, 5.74) is 8.65. The summed E-state index contributed by atoms with van der Waals surface area (Å²) in [7, 11) is 0. The minimum atomic E-state index is 0.436. The highest BCUT2D eigenvalue weighted by Crippen LogP contribution is 2.49. The van der Waals surface area contributed by atoms with Gasteiger partial charge in [-0.15, -0.1) is 0 Å². The summed E-state index contributed by atoms with van der Waals surface area (Å²) in [5.74, 6) is 0. The Labute approximate surface area is 123 Å². The van der Waals surface area contributed by atoms with Gasteiger partial charge >= 0.3 is 0 Å². The number of rotatable bonds is 4. The third-order valence-electron chi connectivity index (χ3n) is 5.35. The predicted molar refractivity (Wildman–Crippen MR) is 85.9 cm³/mol. The van der Waals surface area contributed by atoms with Crippen LogP contribution in [0.5, 0.6) is 0 Å². The Bertz CT molecular complexity index is 433. The quantitative estimate of drug-likeness (QED) is 0.841. The maximum Gasteiger partial charge on any atom is 0.0314 e. The van der Waals surface area contributed by atoms with E-state index in [1.54, 1.807) is 0 Å². The van der Waals surface area contributed by atoms with Gasteiger partial charge in [0.15, 0.2) is 0 Å². The average Bonchev–Trinajstić information content (AvgIpc) is 3.25. The van der Waals surface area contributed by atoms with Crippen LogP contribution < -0.4 is 5.73 Å². The molecule has 1 heterocycles. The van der Waals surface area contributed by atoms with Crippen molar-refractivity contribution >= 4 is 5.69 Å². The first-order valence-corrected chi connectivity index (χ1v) is 8.33. The van der Waals surface area contributed by atoms with E-state index < -0.39 is 0 Å². The van der Waals surface area contributed by atoms with E-state index in [-0.39, 0.29) is 0 Å². The van der Waals surface area contributed by atoms with Gasteiger partial charge in [0.25, 0.3) is 0 Å². The molecule has 2 aliphatic rings. The van der Waals surface area contributed by atoms with Crippen molar-refractivity contribution in [2.75, 3.05) is 18.8 Å². The maximum atomic E-state index is 5.83. The Morgan fingerprint density at radius 1 is 1.15 bits per heavy atom. The number of nitrogens with two attached hydrogens (primary N) is 1. The molecule has 2 N–H and O–H groups in total. The molecule has 2 fully saturated rings. The van der Waals surface area contributed by atoms with Crippen molar-refractivity contribution in [3.63, 3.8) is 0 Å². The lowest BCUT2D eigenvalue weighted by molar-refractivity contribution is 0.177. The first kappa shape index (κ1) is 13.9. The van der Waals surface area contributed by atoms with E-state index in [0.29, 0.717) is 5.41 Å². The molecule has 0 bridgehead atoms. The SMILES string of the molecule is CCC1CCCCCN1CC1(c2ccc(N)cc2)CC1. The van der Waals surface area contributed by atoms with Crippen molar-refractivity contribution in [3.05, 3.63) is 29.8 Å². The third kappa shape index (κ3) is 2.85. The zero-order chi connectivity index (χ0) is 14.0. The molecule has 1 saturated carbocycles. The van der Waals surface area contributed by atoms with Gasteiger partial charge in [0.05, 0.1) is 0 Å². The van der Waals surface area contributed by atoms with Crippen LogP contribution >= 0.6 is 0 Å². The summed E-state index contributed by atoms with van der Waals surface area (Å²) >= 11 is 0. The van der Waals surface area contributed by atoms with Crippen LogP contribution in [0.15, 0.2) is 24.3 Å². The summed E-state index contributed by atoms with van der Waals surface area (Å²) in [6, 6.07) is 9.44. The van der Waals surface area contributed by atoms with Crippen molar-refractivity contribution in [2.45, 2.75) is 63.3 Å². The number of nitrogens with zero attached hydrogens (tertiary/aromatic N) is 1. The number of hydrogen-bond donors (Lipinski definition) is 1. The zero-order valence-electron chi connectivity index (χ0n) is 12.8. The summed E-state index contributed by atoms with van der Waals surface area (Å²) in [6.45, 7) is 4.91. The van der Waals surface area contributed by atoms with Gasteiger partial charge in [-0.2, -0.15) is 0 Å². The largest absolute Gasteiger partial charge is 0.399 e. The van der Waals surface area contributed by atoms with Crippen LogP contribution in [-0.2, 0) is 5.41 Å². The standard InChI is InChI=1S/C18H28N2/c1-2-17-6-4-3-5-13-20(17)14-18(11-12-18)15-7-9-16(19)10-8-15/h7-10,17H,2-6,11-14,19H2,1H3. The van der Waals surface area contributed by atoms with Gasteiger partial charge in [0.1, 0.15) is 0 Å². The molecular formula is C18H28N2. The molecule has 1 aromatic rings. The highest BCUT2D eigenvalue weighted by molar-refractivity contribution is 5.43. The van der Waals surface area contributed by atoms with E-state index in [2.05, 4.69) is 36.1 Å². The summed E-state index contributed by atoms with van der Waals surface area (Å²) in [5, 5.41) is 0. The lowest BCUT2D eigenvalue weighted by atomic mass is 9.94. The van der Waals surface area contributed by atoms with Gasteiger partial charge in [0, 0.05) is 23.7 Å². The predicted octanol–water partition coefficient (Wildman–Crippen LogP) is 3.96. The molecular weight excluding hydrogens is 244 g/mol. The van der Waals surface area contributed by atoms with Gasteiger partial charge < -0.3 is 5.73 Å². The molecule has 0 aromatic heterocycles.